The quantitative estimate of drug-likeness (QED) is 0.332. The minimum absolute atomic E-state index is 0.243. The van der Waals surface area contributed by atoms with Crippen molar-refractivity contribution in [3.05, 3.63) is 63.4 Å². The molecule has 0 saturated heterocycles. The molecule has 4 aromatic heterocycles. The van der Waals surface area contributed by atoms with E-state index >= 15 is 0 Å². The summed E-state index contributed by atoms with van der Waals surface area (Å²) in [6.45, 7) is 3.03. The van der Waals surface area contributed by atoms with Gasteiger partial charge in [0.2, 0.25) is 0 Å². The predicted molar refractivity (Wildman–Crippen MR) is 127 cm³/mol. The van der Waals surface area contributed by atoms with Crippen molar-refractivity contribution in [2.45, 2.75) is 58.0 Å². The molecule has 5 rings (SSSR count). The minimum Gasteiger partial charge on any atom is -0.346 e. The average molecular weight is 509 g/mol. The maximum Gasteiger partial charge on any atom is 0.273 e. The van der Waals surface area contributed by atoms with Gasteiger partial charge in [-0.1, -0.05) is 11.3 Å². The normalized spacial score (nSPS) is 13.5. The second-order valence-electron chi connectivity index (χ2n) is 8.54. The van der Waals surface area contributed by atoms with Gasteiger partial charge in [-0.25, -0.2) is 0 Å². The number of rotatable bonds is 9. The summed E-state index contributed by atoms with van der Waals surface area (Å²) in [5.41, 5.74) is 5.28. The Bertz CT molecular complexity index is 1280. The monoisotopic (exact) mass is 508 g/mol. The van der Waals surface area contributed by atoms with Crippen LogP contribution in [0, 0.1) is 6.92 Å². The summed E-state index contributed by atoms with van der Waals surface area (Å²) in [5, 5.41) is 20.8. The first kappa shape index (κ1) is 21.7. The fourth-order valence-corrected chi connectivity index (χ4v) is 4.49. The van der Waals surface area contributed by atoms with Crippen LogP contribution in [0.1, 0.15) is 64.7 Å². The number of carbonyl (C=O) groups is 1. The number of aryl methyl sites for hydroxylation is 3. The third-order valence-electron chi connectivity index (χ3n) is 5.82. The van der Waals surface area contributed by atoms with E-state index < -0.39 is 0 Å². The molecular weight excluding hydrogens is 484 g/mol. The Morgan fingerprint density at radius 1 is 1.24 bits per heavy atom. The average Bonchev–Trinajstić information content (AvgIpc) is 3.47. The second kappa shape index (κ2) is 9.38. The maximum absolute atomic E-state index is 12.3. The first-order valence-corrected chi connectivity index (χ1v) is 12.0. The van der Waals surface area contributed by atoms with Crippen LogP contribution in [0.15, 0.2) is 35.1 Å². The van der Waals surface area contributed by atoms with Gasteiger partial charge in [0, 0.05) is 46.5 Å². The van der Waals surface area contributed by atoms with Gasteiger partial charge in [-0.2, -0.15) is 5.10 Å². The van der Waals surface area contributed by atoms with Crippen molar-refractivity contribution in [2.24, 2.45) is 0 Å². The zero-order valence-corrected chi connectivity index (χ0v) is 20.0. The van der Waals surface area contributed by atoms with Crippen molar-refractivity contribution < 1.29 is 4.79 Å². The van der Waals surface area contributed by atoms with E-state index in [0.29, 0.717) is 24.7 Å². The maximum atomic E-state index is 12.3. The van der Waals surface area contributed by atoms with Gasteiger partial charge >= 0.3 is 0 Å². The summed E-state index contributed by atoms with van der Waals surface area (Å²) in [4.78, 5) is 20.0. The van der Waals surface area contributed by atoms with Crippen molar-refractivity contribution in [1.82, 2.24) is 40.5 Å². The van der Waals surface area contributed by atoms with Crippen LogP contribution in [0.3, 0.4) is 0 Å². The predicted octanol–water partition coefficient (Wildman–Crippen LogP) is 3.85. The van der Waals surface area contributed by atoms with Crippen molar-refractivity contribution in [3.8, 4) is 0 Å². The van der Waals surface area contributed by atoms with Gasteiger partial charge in [-0.05, 0) is 72.7 Å². The molecule has 10 heteroatoms. The van der Waals surface area contributed by atoms with Crippen LogP contribution in [0.4, 0.5) is 0 Å². The molecule has 1 aliphatic carbocycles. The molecule has 1 aliphatic rings. The number of amides is 1. The first-order chi connectivity index (χ1) is 16.1. The number of pyridine rings is 1. The van der Waals surface area contributed by atoms with E-state index in [4.69, 9.17) is 0 Å². The Balaban J connectivity index is 1.09. The van der Waals surface area contributed by atoms with Crippen LogP contribution >= 0.6 is 15.9 Å². The first-order valence-electron chi connectivity index (χ1n) is 11.2. The molecule has 2 N–H and O–H groups in total. The number of aromatic amines is 1. The van der Waals surface area contributed by atoms with Gasteiger partial charge in [0.1, 0.15) is 0 Å². The lowest BCUT2D eigenvalue weighted by atomic mass is 10.1. The van der Waals surface area contributed by atoms with Gasteiger partial charge in [-0.3, -0.25) is 14.5 Å². The van der Waals surface area contributed by atoms with Crippen LogP contribution in [0.2, 0.25) is 0 Å². The van der Waals surface area contributed by atoms with Crippen molar-refractivity contribution in [3.63, 3.8) is 0 Å². The summed E-state index contributed by atoms with van der Waals surface area (Å²) in [6.07, 6.45) is 8.61. The Kier molecular flexibility index (Phi) is 6.17. The molecule has 4 aromatic rings. The third kappa shape index (κ3) is 5.11. The molecule has 0 radical (unpaired) electrons. The van der Waals surface area contributed by atoms with Crippen molar-refractivity contribution in [1.29, 1.82) is 0 Å². The lowest BCUT2D eigenvalue weighted by molar-refractivity contribution is 0.0946. The number of aromatic nitrogens is 7. The zero-order valence-electron chi connectivity index (χ0n) is 18.4. The fourth-order valence-electron chi connectivity index (χ4n) is 3.76. The SMILES string of the molecule is Cc1ccc(CNC(=O)c2cn(CCCCc3cc4c(Br)c(C5CC5)[nH]c4nn3)nn2)cn1. The molecule has 1 saturated carbocycles. The Morgan fingerprint density at radius 2 is 2.12 bits per heavy atom. The highest BCUT2D eigenvalue weighted by atomic mass is 79.9. The molecule has 4 heterocycles. The molecule has 0 spiro atoms. The largest absolute Gasteiger partial charge is 0.346 e. The molecule has 0 unspecified atom stereocenters. The fraction of sp³-hybridized carbons (Fsp3) is 0.391. The smallest absolute Gasteiger partial charge is 0.273 e. The van der Waals surface area contributed by atoms with Crippen LogP contribution < -0.4 is 5.32 Å². The number of hydrogen-bond donors (Lipinski definition) is 2. The molecule has 170 valence electrons. The lowest BCUT2D eigenvalue weighted by Crippen LogP contribution is -2.23. The van der Waals surface area contributed by atoms with Gasteiger partial charge < -0.3 is 10.3 Å². The molecular formula is C23H25BrN8O. The molecule has 0 bridgehead atoms. The summed E-state index contributed by atoms with van der Waals surface area (Å²) in [5.74, 6) is 0.388. The topological polar surface area (TPSA) is 114 Å². The molecule has 0 atom stereocenters. The summed E-state index contributed by atoms with van der Waals surface area (Å²) in [6, 6.07) is 5.99. The highest BCUT2D eigenvalue weighted by Crippen LogP contribution is 2.44. The van der Waals surface area contributed by atoms with Crippen molar-refractivity contribution in [2.75, 3.05) is 0 Å². The lowest BCUT2D eigenvalue weighted by Gasteiger charge is -2.03. The molecule has 1 fully saturated rings. The van der Waals surface area contributed by atoms with E-state index in [1.165, 1.54) is 18.5 Å². The van der Waals surface area contributed by atoms with Gasteiger partial charge in [0.15, 0.2) is 11.3 Å². The number of unbranched alkanes of at least 4 members (excludes halogenated alkanes) is 1. The number of halogens is 1. The Morgan fingerprint density at radius 3 is 2.91 bits per heavy atom. The van der Waals surface area contributed by atoms with Gasteiger partial charge in [0.25, 0.3) is 5.91 Å². The standard InChI is InChI=1S/C23H25BrN8O/c1-14-5-6-15(11-25-14)12-26-23(33)19-13-32(31-29-19)9-3-2-4-17-10-18-20(24)21(16-7-8-16)27-22(18)30-28-17/h5-6,10-11,13,16H,2-4,7-9,12H2,1H3,(H,26,33)(H,27,30). The number of fused-ring (bicyclic) bond motifs is 1. The molecule has 0 aliphatic heterocycles. The highest BCUT2D eigenvalue weighted by molar-refractivity contribution is 9.10. The molecule has 1 amide bonds. The summed E-state index contributed by atoms with van der Waals surface area (Å²) < 4.78 is 2.84. The number of hydrogen-bond acceptors (Lipinski definition) is 6. The number of nitrogens with zero attached hydrogens (tertiary/aromatic N) is 6. The second-order valence-corrected chi connectivity index (χ2v) is 9.33. The van der Waals surface area contributed by atoms with E-state index in [-0.39, 0.29) is 5.91 Å². The zero-order chi connectivity index (χ0) is 22.8. The number of carbonyl (C=O) groups excluding carboxylic acids is 1. The van der Waals surface area contributed by atoms with E-state index in [9.17, 15) is 4.79 Å². The summed E-state index contributed by atoms with van der Waals surface area (Å²) >= 11 is 3.73. The van der Waals surface area contributed by atoms with Gasteiger partial charge in [0.05, 0.1) is 11.9 Å². The van der Waals surface area contributed by atoms with Crippen LogP contribution in [0.25, 0.3) is 11.0 Å². The molecule has 9 nitrogen and oxygen atoms in total. The van der Waals surface area contributed by atoms with Crippen LogP contribution in [-0.2, 0) is 19.5 Å². The van der Waals surface area contributed by atoms with Crippen molar-refractivity contribution >= 4 is 32.9 Å². The van der Waals surface area contributed by atoms with Crippen LogP contribution in [-0.4, -0.2) is 41.1 Å². The minimum atomic E-state index is -0.243. The number of nitrogens with one attached hydrogen (secondary N) is 2. The summed E-state index contributed by atoms with van der Waals surface area (Å²) in [7, 11) is 0. The number of H-pyrrole nitrogens is 1. The Hall–Kier alpha value is -3.14. The third-order valence-corrected chi connectivity index (χ3v) is 6.68. The van der Waals surface area contributed by atoms with E-state index in [2.05, 4.69) is 57.8 Å². The van der Waals surface area contributed by atoms with Crippen LogP contribution in [0.5, 0.6) is 0 Å². The van der Waals surface area contributed by atoms with E-state index in [1.54, 1.807) is 17.1 Å². The van der Waals surface area contributed by atoms with Gasteiger partial charge in [-0.15, -0.1) is 10.2 Å². The molecule has 33 heavy (non-hydrogen) atoms. The highest BCUT2D eigenvalue weighted by Gasteiger charge is 2.28. The van der Waals surface area contributed by atoms with E-state index in [0.717, 1.165) is 51.7 Å². The molecule has 0 aromatic carbocycles. The van der Waals surface area contributed by atoms with E-state index in [1.807, 2.05) is 19.1 Å². The Labute approximate surface area is 199 Å².